The van der Waals surface area contributed by atoms with Crippen LogP contribution in [0.2, 0.25) is 0 Å². The number of methoxy groups -OCH3 is 1. The smallest absolute Gasteiger partial charge is 0.261 e. The molecule has 0 atom stereocenters. The summed E-state index contributed by atoms with van der Waals surface area (Å²) < 4.78 is 59.0. The van der Waals surface area contributed by atoms with E-state index in [1.165, 1.54) is 12.1 Å². The molecule has 0 aliphatic rings. The van der Waals surface area contributed by atoms with Crippen molar-refractivity contribution in [3.05, 3.63) is 58.7 Å². The van der Waals surface area contributed by atoms with Gasteiger partial charge in [0.05, 0.1) is 7.11 Å². The van der Waals surface area contributed by atoms with E-state index in [9.17, 15) is 22.4 Å². The van der Waals surface area contributed by atoms with Gasteiger partial charge in [-0.1, -0.05) is 12.1 Å². The van der Waals surface area contributed by atoms with E-state index >= 15 is 0 Å². The molecule has 0 heterocycles. The van der Waals surface area contributed by atoms with Gasteiger partial charge >= 0.3 is 0 Å². The van der Waals surface area contributed by atoms with Crippen LogP contribution in [0.1, 0.15) is 15.9 Å². The summed E-state index contributed by atoms with van der Waals surface area (Å²) in [6.07, 6.45) is 0. The number of anilines is 1. The Morgan fingerprint density at radius 2 is 1.64 bits per heavy atom. The lowest BCUT2D eigenvalue weighted by Gasteiger charge is -2.11. The Balaban J connectivity index is 2.46. The third-order valence-electron chi connectivity index (χ3n) is 2.93. The second-order valence-corrected chi connectivity index (χ2v) is 4.49. The largest absolute Gasteiger partial charge is 0.491 e. The fourth-order valence-corrected chi connectivity index (χ4v) is 1.91. The summed E-state index contributed by atoms with van der Waals surface area (Å²) in [5.41, 5.74) is -0.330. The molecule has 2 aromatic carbocycles. The van der Waals surface area contributed by atoms with Gasteiger partial charge < -0.3 is 10.1 Å². The molecular formula is C15H11F4NO2. The summed E-state index contributed by atoms with van der Waals surface area (Å²) >= 11 is 0. The highest BCUT2D eigenvalue weighted by Gasteiger charge is 2.30. The Kier molecular flexibility index (Phi) is 4.35. The molecule has 0 saturated heterocycles. The van der Waals surface area contributed by atoms with Gasteiger partial charge in [0.15, 0.2) is 17.4 Å². The van der Waals surface area contributed by atoms with Gasteiger partial charge in [-0.05, 0) is 24.6 Å². The van der Waals surface area contributed by atoms with E-state index in [1.54, 1.807) is 19.1 Å². The minimum Gasteiger partial charge on any atom is -0.491 e. The van der Waals surface area contributed by atoms with Crippen molar-refractivity contribution in [2.75, 3.05) is 12.4 Å². The molecule has 0 radical (unpaired) electrons. The van der Waals surface area contributed by atoms with Crippen molar-refractivity contribution in [3.8, 4) is 5.75 Å². The van der Waals surface area contributed by atoms with Crippen molar-refractivity contribution in [1.82, 2.24) is 0 Å². The number of aryl methyl sites for hydroxylation is 1. The Hall–Kier alpha value is -2.57. The molecule has 0 saturated carbocycles. The number of ether oxygens (including phenoxy) is 1. The summed E-state index contributed by atoms with van der Waals surface area (Å²) in [5.74, 6) is -9.70. The molecule has 0 aromatic heterocycles. The van der Waals surface area contributed by atoms with E-state index in [0.29, 0.717) is 0 Å². The van der Waals surface area contributed by atoms with Gasteiger partial charge in [0.2, 0.25) is 11.6 Å². The summed E-state index contributed by atoms with van der Waals surface area (Å²) in [6, 6.07) is 6.34. The van der Waals surface area contributed by atoms with Crippen LogP contribution in [0.4, 0.5) is 23.2 Å². The molecule has 3 nitrogen and oxygen atoms in total. The molecule has 0 bridgehead atoms. The number of halogens is 4. The van der Waals surface area contributed by atoms with E-state index in [2.05, 4.69) is 10.1 Å². The third kappa shape index (κ3) is 2.74. The molecule has 1 N–H and O–H groups in total. The molecule has 0 aliphatic carbocycles. The minimum absolute atomic E-state index is 0.237. The van der Waals surface area contributed by atoms with Gasteiger partial charge in [0, 0.05) is 5.69 Å². The van der Waals surface area contributed by atoms with Crippen LogP contribution in [0.3, 0.4) is 0 Å². The van der Waals surface area contributed by atoms with Gasteiger partial charge in [-0.15, -0.1) is 0 Å². The molecular weight excluding hydrogens is 302 g/mol. The SMILES string of the molecule is COc1c(F)c(F)c(C(=O)Nc2cccc(C)c2)c(F)c1F. The number of hydrogen-bond acceptors (Lipinski definition) is 2. The normalized spacial score (nSPS) is 10.5. The first-order valence-corrected chi connectivity index (χ1v) is 6.14. The summed E-state index contributed by atoms with van der Waals surface area (Å²) in [5, 5.41) is 2.18. The Morgan fingerprint density at radius 1 is 1.05 bits per heavy atom. The summed E-state index contributed by atoms with van der Waals surface area (Å²) in [4.78, 5) is 11.9. The van der Waals surface area contributed by atoms with Crippen molar-refractivity contribution in [3.63, 3.8) is 0 Å². The third-order valence-corrected chi connectivity index (χ3v) is 2.93. The highest BCUT2D eigenvalue weighted by atomic mass is 19.2. The first-order valence-electron chi connectivity index (χ1n) is 6.14. The molecule has 0 fully saturated rings. The maximum Gasteiger partial charge on any atom is 0.261 e. The van der Waals surface area contributed by atoms with Gasteiger partial charge in [0.25, 0.3) is 5.91 Å². The fraction of sp³-hybridized carbons (Fsp3) is 0.133. The molecule has 0 spiro atoms. The van der Waals surface area contributed by atoms with Gasteiger partial charge in [-0.2, -0.15) is 8.78 Å². The van der Waals surface area contributed by atoms with Crippen molar-refractivity contribution in [1.29, 1.82) is 0 Å². The van der Waals surface area contributed by atoms with Crippen LogP contribution >= 0.6 is 0 Å². The lowest BCUT2D eigenvalue weighted by Crippen LogP contribution is -2.18. The molecule has 116 valence electrons. The van der Waals surface area contributed by atoms with Crippen LogP contribution in [0.15, 0.2) is 24.3 Å². The highest BCUT2D eigenvalue weighted by Crippen LogP contribution is 2.30. The highest BCUT2D eigenvalue weighted by molar-refractivity contribution is 6.04. The van der Waals surface area contributed by atoms with Crippen LogP contribution in [0.25, 0.3) is 0 Å². The number of benzene rings is 2. The predicted molar refractivity (Wildman–Crippen MR) is 72.0 cm³/mol. The summed E-state index contributed by atoms with van der Waals surface area (Å²) in [6.45, 7) is 1.74. The molecule has 22 heavy (non-hydrogen) atoms. The van der Waals surface area contributed by atoms with E-state index in [0.717, 1.165) is 12.7 Å². The van der Waals surface area contributed by atoms with Crippen LogP contribution in [-0.4, -0.2) is 13.0 Å². The lowest BCUT2D eigenvalue weighted by molar-refractivity contribution is 0.101. The number of nitrogens with one attached hydrogen (secondary N) is 1. The lowest BCUT2D eigenvalue weighted by atomic mass is 10.1. The molecule has 7 heteroatoms. The maximum absolute atomic E-state index is 13.8. The van der Waals surface area contributed by atoms with Crippen molar-refractivity contribution < 1.29 is 27.1 Å². The zero-order valence-corrected chi connectivity index (χ0v) is 11.6. The van der Waals surface area contributed by atoms with Crippen LogP contribution in [0.5, 0.6) is 5.75 Å². The topological polar surface area (TPSA) is 38.3 Å². The molecule has 2 aromatic rings. The quantitative estimate of drug-likeness (QED) is 0.691. The van der Waals surface area contributed by atoms with Gasteiger partial charge in [-0.25, -0.2) is 8.78 Å². The van der Waals surface area contributed by atoms with E-state index in [4.69, 9.17) is 0 Å². The first-order chi connectivity index (χ1) is 10.4. The number of hydrogen-bond donors (Lipinski definition) is 1. The number of carbonyl (C=O) groups excluding carboxylic acids is 1. The monoisotopic (exact) mass is 313 g/mol. The maximum atomic E-state index is 13.8. The Labute approximate surface area is 123 Å². The molecule has 0 aliphatic heterocycles. The molecule has 1 amide bonds. The average Bonchev–Trinajstić information content (AvgIpc) is 2.46. The minimum atomic E-state index is -1.82. The van der Waals surface area contributed by atoms with Crippen molar-refractivity contribution >= 4 is 11.6 Å². The van der Waals surface area contributed by atoms with Crippen LogP contribution in [-0.2, 0) is 0 Å². The number of rotatable bonds is 3. The zero-order chi connectivity index (χ0) is 16.4. The molecule has 2 rings (SSSR count). The summed E-state index contributed by atoms with van der Waals surface area (Å²) in [7, 11) is 0.854. The van der Waals surface area contributed by atoms with Crippen molar-refractivity contribution in [2.24, 2.45) is 0 Å². The Bertz CT molecular complexity index is 718. The van der Waals surface area contributed by atoms with Crippen LogP contribution in [0, 0.1) is 30.2 Å². The molecule has 0 unspecified atom stereocenters. The second kappa shape index (κ2) is 6.05. The van der Waals surface area contributed by atoms with E-state index in [1.807, 2.05) is 0 Å². The average molecular weight is 313 g/mol. The second-order valence-electron chi connectivity index (χ2n) is 4.49. The number of carbonyl (C=O) groups is 1. The van der Waals surface area contributed by atoms with E-state index < -0.39 is 40.5 Å². The fourth-order valence-electron chi connectivity index (χ4n) is 1.91. The standard InChI is InChI=1S/C15H11F4NO2/c1-7-4-3-5-8(6-7)20-15(21)9-10(16)12(18)14(22-2)13(19)11(9)17/h3-6H,1-2H3,(H,20,21). The predicted octanol–water partition coefficient (Wildman–Crippen LogP) is 3.81. The first kappa shape index (κ1) is 15.8. The van der Waals surface area contributed by atoms with Crippen LogP contribution < -0.4 is 10.1 Å². The van der Waals surface area contributed by atoms with Gasteiger partial charge in [0.1, 0.15) is 5.56 Å². The van der Waals surface area contributed by atoms with Crippen molar-refractivity contribution in [2.45, 2.75) is 6.92 Å². The Morgan fingerprint density at radius 3 is 2.14 bits per heavy atom. The van der Waals surface area contributed by atoms with E-state index in [-0.39, 0.29) is 5.69 Å². The zero-order valence-electron chi connectivity index (χ0n) is 11.6. The van der Waals surface area contributed by atoms with Gasteiger partial charge in [-0.3, -0.25) is 4.79 Å². The number of amides is 1.